The van der Waals surface area contributed by atoms with Crippen molar-refractivity contribution < 1.29 is 9.59 Å². The van der Waals surface area contributed by atoms with Gasteiger partial charge in [0, 0.05) is 52.1 Å². The van der Waals surface area contributed by atoms with Crippen LogP contribution in [-0.2, 0) is 29.1 Å². The number of hydrogen-bond donors (Lipinski definition) is 1. The lowest BCUT2D eigenvalue weighted by Gasteiger charge is -2.32. The van der Waals surface area contributed by atoms with Crippen molar-refractivity contribution in [2.45, 2.75) is 38.9 Å². The number of nitrogens with two attached hydrogens (primary N) is 1. The Morgan fingerprint density at radius 2 is 1.92 bits per heavy atom. The Morgan fingerprint density at radius 1 is 1.20 bits per heavy atom. The molecule has 2 aliphatic heterocycles. The summed E-state index contributed by atoms with van der Waals surface area (Å²) in [4.78, 5) is 30.0. The number of carbonyl (C=O) groups is 2. The smallest absolute Gasteiger partial charge is 0.234 e. The fourth-order valence-corrected chi connectivity index (χ4v) is 3.43. The molecule has 3 heterocycles. The minimum atomic E-state index is -0.300. The number of fused-ring (bicyclic) bond motifs is 1. The highest BCUT2D eigenvalue weighted by molar-refractivity contribution is 5.79. The van der Waals surface area contributed by atoms with Gasteiger partial charge in [0.05, 0.1) is 24.0 Å². The predicted molar refractivity (Wildman–Crippen MR) is 93.7 cm³/mol. The van der Waals surface area contributed by atoms with Gasteiger partial charge in [0.15, 0.2) is 0 Å². The van der Waals surface area contributed by atoms with E-state index in [1.165, 1.54) is 0 Å². The summed E-state index contributed by atoms with van der Waals surface area (Å²) in [5, 5.41) is 4.61. The minimum absolute atomic E-state index is 0.211. The summed E-state index contributed by atoms with van der Waals surface area (Å²) in [6.07, 6.45) is 1.16. The van der Waals surface area contributed by atoms with Crippen molar-refractivity contribution in [3.05, 3.63) is 17.5 Å². The van der Waals surface area contributed by atoms with E-state index in [0.717, 1.165) is 50.7 Å². The molecular weight excluding hydrogens is 320 g/mol. The number of piperazine rings is 1. The maximum Gasteiger partial charge on any atom is 0.234 e. The van der Waals surface area contributed by atoms with E-state index in [-0.39, 0.29) is 17.9 Å². The summed E-state index contributed by atoms with van der Waals surface area (Å²) < 4.78 is 1.99. The van der Waals surface area contributed by atoms with Gasteiger partial charge < -0.3 is 15.5 Å². The van der Waals surface area contributed by atoms with E-state index in [0.29, 0.717) is 19.4 Å². The summed E-state index contributed by atoms with van der Waals surface area (Å²) in [7, 11) is 2.08. The SMILES string of the molecule is C[C@H](C(N)=O)N1CCn2nc(CCC(=O)N3CCN(C)CC3)cc2C1. The molecule has 8 heteroatoms. The quantitative estimate of drug-likeness (QED) is 0.759. The van der Waals surface area contributed by atoms with E-state index in [9.17, 15) is 9.59 Å². The lowest BCUT2D eigenvalue weighted by Crippen LogP contribution is -2.47. The van der Waals surface area contributed by atoms with E-state index >= 15 is 0 Å². The van der Waals surface area contributed by atoms with E-state index in [2.05, 4.69) is 28.0 Å². The third-order valence-electron chi connectivity index (χ3n) is 5.29. The fourth-order valence-electron chi connectivity index (χ4n) is 3.43. The van der Waals surface area contributed by atoms with Crippen LogP contribution in [0.3, 0.4) is 0 Å². The topological polar surface area (TPSA) is 87.7 Å². The Morgan fingerprint density at radius 3 is 2.60 bits per heavy atom. The standard InChI is InChI=1S/C17H28N6O2/c1-13(17(18)25)22-9-10-23-15(12-22)11-14(19-23)3-4-16(24)21-7-5-20(2)6-8-21/h11,13H,3-10,12H2,1-2H3,(H2,18,25)/t13-/m1/s1. The van der Waals surface area contributed by atoms with Crippen molar-refractivity contribution in [3.8, 4) is 0 Å². The average Bonchev–Trinajstić information content (AvgIpc) is 3.01. The number of primary amides is 1. The highest BCUT2D eigenvalue weighted by Gasteiger charge is 2.25. The van der Waals surface area contributed by atoms with Crippen molar-refractivity contribution in [3.63, 3.8) is 0 Å². The van der Waals surface area contributed by atoms with Crippen LogP contribution in [-0.4, -0.2) is 82.1 Å². The van der Waals surface area contributed by atoms with Crippen LogP contribution in [0.25, 0.3) is 0 Å². The van der Waals surface area contributed by atoms with Crippen LogP contribution in [0.1, 0.15) is 24.7 Å². The Balaban J connectivity index is 1.54. The van der Waals surface area contributed by atoms with E-state index in [1.54, 1.807) is 0 Å². The number of likely N-dealkylation sites (N-methyl/N-ethyl adjacent to an activating group) is 1. The van der Waals surface area contributed by atoms with Crippen LogP contribution in [0.4, 0.5) is 0 Å². The number of nitrogens with zero attached hydrogens (tertiary/aromatic N) is 5. The first kappa shape index (κ1) is 17.9. The molecule has 0 saturated carbocycles. The van der Waals surface area contributed by atoms with E-state index < -0.39 is 0 Å². The highest BCUT2D eigenvalue weighted by atomic mass is 16.2. The van der Waals surface area contributed by atoms with Gasteiger partial charge in [-0.15, -0.1) is 0 Å². The average molecular weight is 348 g/mol. The Labute approximate surface area is 148 Å². The van der Waals surface area contributed by atoms with Gasteiger partial charge in [-0.3, -0.25) is 19.2 Å². The maximum absolute atomic E-state index is 12.4. The summed E-state index contributed by atoms with van der Waals surface area (Å²) in [5.41, 5.74) is 7.44. The lowest BCUT2D eigenvalue weighted by atomic mass is 10.1. The third-order valence-corrected chi connectivity index (χ3v) is 5.29. The lowest BCUT2D eigenvalue weighted by molar-refractivity contribution is -0.132. The van der Waals surface area contributed by atoms with Crippen molar-refractivity contribution in [1.29, 1.82) is 0 Å². The summed E-state index contributed by atoms with van der Waals surface area (Å²) in [5.74, 6) is -0.0889. The zero-order chi connectivity index (χ0) is 18.0. The van der Waals surface area contributed by atoms with Gasteiger partial charge in [-0.1, -0.05) is 0 Å². The van der Waals surface area contributed by atoms with Crippen LogP contribution in [0.15, 0.2) is 6.07 Å². The monoisotopic (exact) mass is 348 g/mol. The van der Waals surface area contributed by atoms with E-state index in [1.807, 2.05) is 16.5 Å². The molecule has 0 aliphatic carbocycles. The largest absolute Gasteiger partial charge is 0.368 e. The molecule has 1 atom stereocenters. The Hall–Kier alpha value is -1.93. The molecular formula is C17H28N6O2. The first-order valence-corrected chi connectivity index (χ1v) is 8.99. The van der Waals surface area contributed by atoms with Crippen molar-refractivity contribution in [1.82, 2.24) is 24.5 Å². The molecule has 2 aliphatic rings. The number of aryl methyl sites for hydroxylation is 1. The second kappa shape index (κ2) is 7.53. The highest BCUT2D eigenvalue weighted by Crippen LogP contribution is 2.17. The van der Waals surface area contributed by atoms with Gasteiger partial charge in [0.2, 0.25) is 11.8 Å². The number of rotatable bonds is 5. The molecule has 3 rings (SSSR count). The van der Waals surface area contributed by atoms with E-state index in [4.69, 9.17) is 5.73 Å². The van der Waals surface area contributed by atoms with Crippen LogP contribution >= 0.6 is 0 Å². The molecule has 1 fully saturated rings. The van der Waals surface area contributed by atoms with Crippen molar-refractivity contribution in [2.24, 2.45) is 5.73 Å². The van der Waals surface area contributed by atoms with Crippen LogP contribution in [0.2, 0.25) is 0 Å². The number of amides is 2. The Bertz CT molecular complexity index is 635. The molecule has 138 valence electrons. The molecule has 25 heavy (non-hydrogen) atoms. The second-order valence-electron chi connectivity index (χ2n) is 7.08. The molecule has 0 bridgehead atoms. The van der Waals surface area contributed by atoms with Crippen LogP contribution < -0.4 is 5.73 Å². The summed E-state index contributed by atoms with van der Waals surface area (Å²) in [6.45, 7) is 7.53. The molecule has 0 unspecified atom stereocenters. The minimum Gasteiger partial charge on any atom is -0.368 e. The van der Waals surface area contributed by atoms with Gasteiger partial charge in [-0.05, 0) is 20.0 Å². The fraction of sp³-hybridized carbons (Fsp3) is 0.706. The third kappa shape index (κ3) is 4.19. The van der Waals surface area contributed by atoms with Gasteiger partial charge in [-0.25, -0.2) is 0 Å². The molecule has 8 nitrogen and oxygen atoms in total. The van der Waals surface area contributed by atoms with Crippen LogP contribution in [0.5, 0.6) is 0 Å². The summed E-state index contributed by atoms with van der Waals surface area (Å²) in [6, 6.07) is 1.78. The molecule has 0 spiro atoms. The molecule has 1 aromatic heterocycles. The van der Waals surface area contributed by atoms with Gasteiger partial charge in [0.1, 0.15) is 0 Å². The zero-order valence-electron chi connectivity index (χ0n) is 15.1. The normalized spacial score (nSPS) is 20.3. The molecule has 2 N–H and O–H groups in total. The Kier molecular flexibility index (Phi) is 5.39. The number of hydrogen-bond acceptors (Lipinski definition) is 5. The predicted octanol–water partition coefficient (Wildman–Crippen LogP) is -0.721. The van der Waals surface area contributed by atoms with Crippen molar-refractivity contribution in [2.75, 3.05) is 39.8 Å². The zero-order valence-corrected chi connectivity index (χ0v) is 15.1. The molecule has 1 saturated heterocycles. The first-order chi connectivity index (χ1) is 11.9. The molecule has 0 aromatic carbocycles. The molecule has 2 amide bonds. The maximum atomic E-state index is 12.4. The number of aromatic nitrogens is 2. The van der Waals surface area contributed by atoms with Crippen LogP contribution in [0, 0.1) is 0 Å². The molecule has 1 aromatic rings. The van der Waals surface area contributed by atoms with Gasteiger partial charge >= 0.3 is 0 Å². The van der Waals surface area contributed by atoms with Gasteiger partial charge in [0.25, 0.3) is 0 Å². The molecule has 0 radical (unpaired) electrons. The second-order valence-corrected chi connectivity index (χ2v) is 7.08. The van der Waals surface area contributed by atoms with Gasteiger partial charge in [-0.2, -0.15) is 5.10 Å². The number of carbonyl (C=O) groups excluding carboxylic acids is 2. The summed E-state index contributed by atoms with van der Waals surface area (Å²) >= 11 is 0. The first-order valence-electron chi connectivity index (χ1n) is 8.99. The van der Waals surface area contributed by atoms with Crippen molar-refractivity contribution >= 4 is 11.8 Å².